The topological polar surface area (TPSA) is 54.9 Å². The number of halogens is 3. The quantitative estimate of drug-likeness (QED) is 0.631. The van der Waals surface area contributed by atoms with E-state index in [0.29, 0.717) is 16.5 Å². The van der Waals surface area contributed by atoms with Gasteiger partial charge in [0.2, 0.25) is 0 Å². The molecule has 2 aromatic heterocycles. The Morgan fingerprint density at radius 1 is 1.15 bits per heavy atom. The number of anilines is 1. The third kappa shape index (κ3) is 4.51. The summed E-state index contributed by atoms with van der Waals surface area (Å²) in [5.41, 5.74) is 0.767. The maximum absolute atomic E-state index is 12.6. The standard InChI is InChI=1S/C19H16F3N3OS/c1-2-5-15-16(14-6-3-4-11-23-14)24-18(27-15)25-17(26)12-7-9-13(10-8-12)19(20,21)22/h3-4,6-11H,2,5H2,1H3,(H,24,25,26). The maximum Gasteiger partial charge on any atom is 0.416 e. The highest BCUT2D eigenvalue weighted by atomic mass is 32.1. The first-order valence-electron chi connectivity index (χ1n) is 8.28. The Hall–Kier alpha value is -2.74. The van der Waals surface area contributed by atoms with Gasteiger partial charge in [-0.05, 0) is 42.8 Å². The van der Waals surface area contributed by atoms with Crippen LogP contribution < -0.4 is 5.32 Å². The number of aromatic nitrogens is 2. The molecule has 0 spiro atoms. The Morgan fingerprint density at radius 3 is 2.48 bits per heavy atom. The normalized spacial score (nSPS) is 11.4. The number of carbonyl (C=O) groups is 1. The zero-order chi connectivity index (χ0) is 19.4. The second-order valence-corrected chi connectivity index (χ2v) is 6.87. The lowest BCUT2D eigenvalue weighted by Crippen LogP contribution is -2.12. The van der Waals surface area contributed by atoms with Crippen LogP contribution >= 0.6 is 11.3 Å². The van der Waals surface area contributed by atoms with Crippen molar-refractivity contribution in [2.45, 2.75) is 25.9 Å². The molecule has 0 aliphatic heterocycles. The van der Waals surface area contributed by atoms with Gasteiger partial charge in [0.05, 0.1) is 11.3 Å². The number of hydrogen-bond donors (Lipinski definition) is 1. The van der Waals surface area contributed by atoms with Crippen LogP contribution in [0.25, 0.3) is 11.4 Å². The largest absolute Gasteiger partial charge is 0.416 e. The predicted octanol–water partition coefficient (Wildman–Crippen LogP) is 5.43. The molecular weight excluding hydrogens is 375 g/mol. The van der Waals surface area contributed by atoms with E-state index in [0.717, 1.165) is 42.0 Å². The first-order chi connectivity index (χ1) is 12.9. The minimum atomic E-state index is -4.43. The SMILES string of the molecule is CCCc1sc(NC(=O)c2ccc(C(F)(F)F)cc2)nc1-c1ccccn1. The van der Waals surface area contributed by atoms with Crippen molar-refractivity contribution in [3.05, 3.63) is 64.7 Å². The molecule has 0 radical (unpaired) electrons. The van der Waals surface area contributed by atoms with Crippen LogP contribution in [0.2, 0.25) is 0 Å². The van der Waals surface area contributed by atoms with Crippen LogP contribution in [0.1, 0.15) is 34.1 Å². The Morgan fingerprint density at radius 2 is 1.89 bits per heavy atom. The van der Waals surface area contributed by atoms with E-state index in [4.69, 9.17) is 0 Å². The van der Waals surface area contributed by atoms with Crippen molar-refractivity contribution in [3.8, 4) is 11.4 Å². The number of benzene rings is 1. The molecule has 2 heterocycles. The molecule has 0 saturated heterocycles. The molecular formula is C19H16F3N3OS. The molecule has 4 nitrogen and oxygen atoms in total. The molecule has 0 atom stereocenters. The summed E-state index contributed by atoms with van der Waals surface area (Å²) in [5, 5.41) is 3.06. The molecule has 0 aliphatic rings. The predicted molar refractivity (Wildman–Crippen MR) is 98.7 cm³/mol. The summed E-state index contributed by atoms with van der Waals surface area (Å²) < 4.78 is 37.9. The van der Waals surface area contributed by atoms with Gasteiger partial charge < -0.3 is 0 Å². The molecule has 3 aromatic rings. The fourth-order valence-corrected chi connectivity index (χ4v) is 3.55. The van der Waals surface area contributed by atoms with Crippen molar-refractivity contribution in [1.29, 1.82) is 0 Å². The van der Waals surface area contributed by atoms with Gasteiger partial charge in [-0.2, -0.15) is 13.2 Å². The molecule has 0 saturated carbocycles. The molecule has 0 unspecified atom stereocenters. The lowest BCUT2D eigenvalue weighted by molar-refractivity contribution is -0.137. The molecule has 3 rings (SSSR count). The molecule has 27 heavy (non-hydrogen) atoms. The fraction of sp³-hybridized carbons (Fsp3) is 0.211. The molecule has 140 valence electrons. The van der Waals surface area contributed by atoms with Crippen molar-refractivity contribution in [3.63, 3.8) is 0 Å². The van der Waals surface area contributed by atoms with Crippen molar-refractivity contribution >= 4 is 22.4 Å². The Labute approximate surface area is 158 Å². The summed E-state index contributed by atoms with van der Waals surface area (Å²) in [6.07, 6.45) is -1.06. The number of aryl methyl sites for hydroxylation is 1. The van der Waals surface area contributed by atoms with Gasteiger partial charge in [-0.1, -0.05) is 19.4 Å². The van der Waals surface area contributed by atoms with Gasteiger partial charge in [0.25, 0.3) is 5.91 Å². The molecule has 1 amide bonds. The van der Waals surface area contributed by atoms with Gasteiger partial charge in [0, 0.05) is 16.6 Å². The lowest BCUT2D eigenvalue weighted by Gasteiger charge is -2.07. The highest BCUT2D eigenvalue weighted by Gasteiger charge is 2.30. The number of nitrogens with one attached hydrogen (secondary N) is 1. The average Bonchev–Trinajstić information content (AvgIpc) is 3.04. The number of hydrogen-bond acceptors (Lipinski definition) is 4. The summed E-state index contributed by atoms with van der Waals surface area (Å²) in [6.45, 7) is 2.04. The molecule has 8 heteroatoms. The van der Waals surface area contributed by atoms with Crippen LogP contribution in [-0.2, 0) is 12.6 Å². The summed E-state index contributed by atoms with van der Waals surface area (Å²) >= 11 is 1.35. The number of amides is 1. The first kappa shape index (κ1) is 19.0. The number of alkyl halides is 3. The van der Waals surface area contributed by atoms with Crippen LogP contribution in [0.5, 0.6) is 0 Å². The third-order valence-corrected chi connectivity index (χ3v) is 4.81. The minimum absolute atomic E-state index is 0.134. The smallest absolute Gasteiger partial charge is 0.298 e. The number of nitrogens with zero attached hydrogens (tertiary/aromatic N) is 2. The molecule has 0 aliphatic carbocycles. The van der Waals surface area contributed by atoms with Crippen LogP contribution in [0.15, 0.2) is 48.7 Å². The minimum Gasteiger partial charge on any atom is -0.298 e. The summed E-state index contributed by atoms with van der Waals surface area (Å²) in [4.78, 5) is 22.1. The third-order valence-electron chi connectivity index (χ3n) is 3.78. The van der Waals surface area contributed by atoms with Crippen LogP contribution in [0.3, 0.4) is 0 Å². The zero-order valence-electron chi connectivity index (χ0n) is 14.4. The van der Waals surface area contributed by atoms with E-state index in [1.165, 1.54) is 11.3 Å². The molecule has 0 fully saturated rings. The second kappa shape index (κ2) is 7.87. The van der Waals surface area contributed by atoms with Crippen LogP contribution in [0.4, 0.5) is 18.3 Å². The van der Waals surface area contributed by atoms with E-state index in [2.05, 4.69) is 15.3 Å². The summed E-state index contributed by atoms with van der Waals surface area (Å²) in [5.74, 6) is -0.506. The molecule has 0 bridgehead atoms. The van der Waals surface area contributed by atoms with Crippen LogP contribution in [-0.4, -0.2) is 15.9 Å². The van der Waals surface area contributed by atoms with E-state index >= 15 is 0 Å². The van der Waals surface area contributed by atoms with Gasteiger partial charge in [-0.3, -0.25) is 15.1 Å². The number of pyridine rings is 1. The van der Waals surface area contributed by atoms with E-state index in [-0.39, 0.29) is 5.56 Å². The highest BCUT2D eigenvalue weighted by Crippen LogP contribution is 2.32. The van der Waals surface area contributed by atoms with Gasteiger partial charge >= 0.3 is 6.18 Å². The van der Waals surface area contributed by atoms with Crippen molar-refractivity contribution < 1.29 is 18.0 Å². The number of carbonyl (C=O) groups excluding carboxylic acids is 1. The van der Waals surface area contributed by atoms with Gasteiger partial charge in [0.1, 0.15) is 5.69 Å². The van der Waals surface area contributed by atoms with E-state index < -0.39 is 17.6 Å². The lowest BCUT2D eigenvalue weighted by atomic mass is 10.1. The Balaban J connectivity index is 1.82. The Kier molecular flexibility index (Phi) is 5.55. The fourth-order valence-electron chi connectivity index (χ4n) is 2.48. The second-order valence-electron chi connectivity index (χ2n) is 5.79. The van der Waals surface area contributed by atoms with E-state index in [1.807, 2.05) is 25.1 Å². The zero-order valence-corrected chi connectivity index (χ0v) is 15.2. The Bertz CT molecular complexity index is 922. The average molecular weight is 391 g/mol. The van der Waals surface area contributed by atoms with Crippen LogP contribution in [0, 0.1) is 0 Å². The number of rotatable bonds is 5. The highest BCUT2D eigenvalue weighted by molar-refractivity contribution is 7.16. The molecule has 1 N–H and O–H groups in total. The van der Waals surface area contributed by atoms with Gasteiger partial charge in [-0.15, -0.1) is 11.3 Å². The van der Waals surface area contributed by atoms with E-state index in [1.54, 1.807) is 6.20 Å². The summed E-state index contributed by atoms with van der Waals surface area (Å²) in [7, 11) is 0. The van der Waals surface area contributed by atoms with Crippen molar-refractivity contribution in [2.24, 2.45) is 0 Å². The first-order valence-corrected chi connectivity index (χ1v) is 9.10. The van der Waals surface area contributed by atoms with Gasteiger partial charge in [-0.25, -0.2) is 4.98 Å². The van der Waals surface area contributed by atoms with Crippen molar-refractivity contribution in [2.75, 3.05) is 5.32 Å². The monoisotopic (exact) mass is 391 g/mol. The van der Waals surface area contributed by atoms with Gasteiger partial charge in [0.15, 0.2) is 5.13 Å². The molecule has 1 aromatic carbocycles. The van der Waals surface area contributed by atoms with Crippen molar-refractivity contribution in [1.82, 2.24) is 9.97 Å². The van der Waals surface area contributed by atoms with E-state index in [9.17, 15) is 18.0 Å². The summed E-state index contributed by atoms with van der Waals surface area (Å²) in [6, 6.07) is 9.59. The number of thiazole rings is 1. The maximum atomic E-state index is 12.6.